The minimum absolute atomic E-state index is 0. The molecule has 1 aliphatic rings. The number of benzene rings is 2. The summed E-state index contributed by atoms with van der Waals surface area (Å²) in [6.07, 6.45) is 1.02. The van der Waals surface area contributed by atoms with E-state index in [2.05, 4.69) is 14.9 Å². The van der Waals surface area contributed by atoms with Crippen molar-refractivity contribution in [3.63, 3.8) is 0 Å². The Morgan fingerprint density at radius 3 is 2.70 bits per heavy atom. The Hall–Kier alpha value is -2.16. The van der Waals surface area contributed by atoms with Crippen molar-refractivity contribution in [1.29, 1.82) is 0 Å². The van der Waals surface area contributed by atoms with Gasteiger partial charge in [-0.05, 0) is 43.3 Å². The summed E-state index contributed by atoms with van der Waals surface area (Å²) in [5.41, 5.74) is 7.93. The van der Waals surface area contributed by atoms with E-state index in [0.29, 0.717) is 17.1 Å². The number of halogens is 1. The number of nitrogens with two attached hydrogens (primary N) is 1. The Balaban J connectivity index is 0.00000261. The van der Waals surface area contributed by atoms with Crippen LogP contribution in [0.3, 0.4) is 0 Å². The number of rotatable bonds is 5. The van der Waals surface area contributed by atoms with Crippen molar-refractivity contribution in [3.8, 4) is 5.75 Å². The first-order valence-corrected chi connectivity index (χ1v) is 10.00. The molecule has 0 bridgehead atoms. The predicted molar refractivity (Wildman–Crippen MR) is 112 cm³/mol. The van der Waals surface area contributed by atoms with Gasteiger partial charge in [-0.3, -0.25) is 4.72 Å². The van der Waals surface area contributed by atoms with Crippen molar-refractivity contribution >= 4 is 39.5 Å². The molecule has 27 heavy (non-hydrogen) atoms. The lowest BCUT2D eigenvalue weighted by molar-refractivity contribution is 0.415. The zero-order valence-corrected chi connectivity index (χ0v) is 16.8. The summed E-state index contributed by atoms with van der Waals surface area (Å²) in [6.45, 7) is 3.61. The maximum absolute atomic E-state index is 12.7. The summed E-state index contributed by atoms with van der Waals surface area (Å²) in [5, 5.41) is 3.34. The van der Waals surface area contributed by atoms with Crippen LogP contribution in [0.5, 0.6) is 5.75 Å². The number of hydrogen-bond acceptors (Lipinski definition) is 6. The molecule has 0 amide bonds. The van der Waals surface area contributed by atoms with Gasteiger partial charge in [0.15, 0.2) is 0 Å². The molecule has 0 unspecified atom stereocenters. The van der Waals surface area contributed by atoms with Gasteiger partial charge in [-0.2, -0.15) is 0 Å². The highest BCUT2D eigenvalue weighted by molar-refractivity contribution is 7.92. The molecule has 148 valence electrons. The summed E-state index contributed by atoms with van der Waals surface area (Å²) < 4.78 is 33.0. The Morgan fingerprint density at radius 1 is 1.15 bits per heavy atom. The molecule has 4 N–H and O–H groups in total. The first kappa shape index (κ1) is 21.1. The quantitative estimate of drug-likeness (QED) is 0.652. The van der Waals surface area contributed by atoms with E-state index in [-0.39, 0.29) is 17.3 Å². The number of nitrogen functional groups attached to an aromatic ring is 1. The van der Waals surface area contributed by atoms with Crippen molar-refractivity contribution in [1.82, 2.24) is 5.32 Å². The molecule has 7 nitrogen and oxygen atoms in total. The molecule has 3 rings (SSSR count). The second-order valence-electron chi connectivity index (χ2n) is 6.15. The van der Waals surface area contributed by atoms with E-state index in [1.807, 2.05) is 0 Å². The lowest BCUT2D eigenvalue weighted by atomic mass is 10.2. The van der Waals surface area contributed by atoms with Crippen LogP contribution in [0.4, 0.5) is 17.1 Å². The van der Waals surface area contributed by atoms with E-state index >= 15 is 0 Å². The van der Waals surface area contributed by atoms with Crippen molar-refractivity contribution < 1.29 is 13.2 Å². The molecule has 1 heterocycles. The second-order valence-corrected chi connectivity index (χ2v) is 7.83. The van der Waals surface area contributed by atoms with E-state index in [0.717, 1.165) is 38.3 Å². The lowest BCUT2D eigenvalue weighted by Gasteiger charge is -2.24. The summed E-state index contributed by atoms with van der Waals surface area (Å²) in [6, 6.07) is 11.6. The summed E-state index contributed by atoms with van der Waals surface area (Å²) in [7, 11) is -2.20. The zero-order valence-electron chi connectivity index (χ0n) is 15.1. The Kier molecular flexibility index (Phi) is 7.18. The Labute approximate surface area is 166 Å². The number of sulfonamides is 1. The monoisotopic (exact) mass is 412 g/mol. The second kappa shape index (κ2) is 9.16. The molecule has 0 spiro atoms. The highest BCUT2D eigenvalue weighted by Gasteiger charge is 2.18. The smallest absolute Gasteiger partial charge is 0.261 e. The molecule has 0 radical (unpaired) electrons. The maximum Gasteiger partial charge on any atom is 0.261 e. The first-order valence-electron chi connectivity index (χ1n) is 8.52. The van der Waals surface area contributed by atoms with Gasteiger partial charge in [-0.1, -0.05) is 6.07 Å². The van der Waals surface area contributed by atoms with E-state index in [1.54, 1.807) is 36.4 Å². The van der Waals surface area contributed by atoms with Gasteiger partial charge in [0.05, 0.1) is 29.1 Å². The summed E-state index contributed by atoms with van der Waals surface area (Å²) in [4.78, 5) is 2.32. The fraction of sp³-hybridized carbons (Fsp3) is 0.333. The molecule has 0 saturated carbocycles. The van der Waals surface area contributed by atoms with E-state index < -0.39 is 10.0 Å². The molecule has 0 aliphatic carbocycles. The van der Waals surface area contributed by atoms with Gasteiger partial charge in [0.25, 0.3) is 10.0 Å². The van der Waals surface area contributed by atoms with Crippen LogP contribution in [0, 0.1) is 0 Å². The Morgan fingerprint density at radius 2 is 1.96 bits per heavy atom. The number of nitrogens with zero attached hydrogens (tertiary/aromatic N) is 1. The molecule has 9 heteroatoms. The van der Waals surface area contributed by atoms with Gasteiger partial charge in [0.2, 0.25) is 0 Å². The van der Waals surface area contributed by atoms with Gasteiger partial charge in [-0.15, -0.1) is 12.4 Å². The van der Waals surface area contributed by atoms with Gasteiger partial charge < -0.3 is 20.7 Å². The Bertz CT molecular complexity index is 869. The number of ether oxygens (including phenoxy) is 1. The predicted octanol–water partition coefficient (Wildman–Crippen LogP) is 2.30. The third-order valence-corrected chi connectivity index (χ3v) is 5.69. The van der Waals surface area contributed by atoms with Crippen LogP contribution in [-0.4, -0.2) is 41.7 Å². The zero-order chi connectivity index (χ0) is 18.6. The van der Waals surface area contributed by atoms with Gasteiger partial charge >= 0.3 is 0 Å². The van der Waals surface area contributed by atoms with E-state index in [9.17, 15) is 8.42 Å². The van der Waals surface area contributed by atoms with E-state index in [4.69, 9.17) is 10.5 Å². The van der Waals surface area contributed by atoms with Crippen molar-refractivity contribution in [2.24, 2.45) is 0 Å². The fourth-order valence-electron chi connectivity index (χ4n) is 2.98. The van der Waals surface area contributed by atoms with Crippen molar-refractivity contribution in [3.05, 3.63) is 42.5 Å². The molecule has 0 aromatic heterocycles. The molecule has 1 fully saturated rings. The molecule has 2 aromatic carbocycles. The van der Waals surface area contributed by atoms with Crippen LogP contribution >= 0.6 is 12.4 Å². The van der Waals surface area contributed by atoms with Gasteiger partial charge in [0, 0.05) is 25.7 Å². The summed E-state index contributed by atoms with van der Waals surface area (Å²) >= 11 is 0. The van der Waals surface area contributed by atoms with Crippen LogP contribution in [-0.2, 0) is 10.0 Å². The molecular weight excluding hydrogens is 388 g/mol. The van der Waals surface area contributed by atoms with Crippen LogP contribution in [0.15, 0.2) is 47.4 Å². The topological polar surface area (TPSA) is 96.7 Å². The van der Waals surface area contributed by atoms with Crippen LogP contribution in [0.25, 0.3) is 0 Å². The maximum atomic E-state index is 12.7. The van der Waals surface area contributed by atoms with Crippen molar-refractivity contribution in [2.45, 2.75) is 11.3 Å². The highest BCUT2D eigenvalue weighted by atomic mass is 35.5. The third-order valence-electron chi connectivity index (χ3n) is 4.31. The van der Waals surface area contributed by atoms with Gasteiger partial charge in [-0.25, -0.2) is 8.42 Å². The van der Waals surface area contributed by atoms with Gasteiger partial charge in [0.1, 0.15) is 5.75 Å². The number of anilines is 3. The first-order chi connectivity index (χ1) is 12.5. The number of hydrogen-bond donors (Lipinski definition) is 3. The minimum Gasteiger partial charge on any atom is -0.497 e. The minimum atomic E-state index is -3.73. The van der Waals surface area contributed by atoms with Crippen LogP contribution in [0.1, 0.15) is 6.42 Å². The lowest BCUT2D eigenvalue weighted by Crippen LogP contribution is -2.28. The molecule has 0 atom stereocenters. The molecule has 1 saturated heterocycles. The molecular formula is C18H25ClN4O3S. The average Bonchev–Trinajstić information content (AvgIpc) is 2.90. The largest absolute Gasteiger partial charge is 0.497 e. The summed E-state index contributed by atoms with van der Waals surface area (Å²) in [5.74, 6) is 0.579. The fourth-order valence-corrected chi connectivity index (χ4v) is 4.06. The molecule has 1 aliphatic heterocycles. The van der Waals surface area contributed by atoms with Crippen molar-refractivity contribution in [2.75, 3.05) is 48.6 Å². The number of methoxy groups -OCH3 is 1. The normalized spacial score (nSPS) is 14.8. The van der Waals surface area contributed by atoms with Crippen LogP contribution < -0.4 is 25.4 Å². The SMILES string of the molecule is COc1cccc(NS(=O)(=O)c2ccc(N3CCCNCC3)c(N)c2)c1.Cl. The number of nitrogens with one attached hydrogen (secondary N) is 2. The standard InChI is InChI=1S/C18H24N4O3S.ClH/c1-25-15-5-2-4-14(12-15)21-26(23,24)16-6-7-18(17(19)13-16)22-10-3-8-20-9-11-22;/h2,4-7,12-13,20-21H,3,8-11,19H2,1H3;1H. The highest BCUT2D eigenvalue weighted by Crippen LogP contribution is 2.28. The average molecular weight is 413 g/mol. The van der Waals surface area contributed by atoms with E-state index in [1.165, 1.54) is 13.2 Å². The molecule has 2 aromatic rings. The third kappa shape index (κ3) is 5.18. The van der Waals surface area contributed by atoms with Crippen LogP contribution in [0.2, 0.25) is 0 Å².